The van der Waals surface area contributed by atoms with Crippen LogP contribution in [0.3, 0.4) is 0 Å². The third-order valence-electron chi connectivity index (χ3n) is 4.29. The zero-order chi connectivity index (χ0) is 21.5. The Bertz CT molecular complexity index is 1090. The first kappa shape index (κ1) is 21.1. The van der Waals surface area contributed by atoms with Crippen LogP contribution in [0.25, 0.3) is 6.08 Å². The highest BCUT2D eigenvalue weighted by molar-refractivity contribution is 6.33. The van der Waals surface area contributed by atoms with Crippen molar-refractivity contribution in [1.29, 1.82) is 0 Å². The molecule has 0 radical (unpaired) electrons. The normalized spacial score (nSPS) is 10.6. The maximum Gasteiger partial charge on any atom is 0.345 e. The van der Waals surface area contributed by atoms with Gasteiger partial charge in [-0.3, -0.25) is 4.79 Å². The van der Waals surface area contributed by atoms with E-state index < -0.39 is 5.97 Å². The molecule has 0 heterocycles. The van der Waals surface area contributed by atoms with Crippen LogP contribution in [0, 0.1) is 0 Å². The average molecular weight is 423 g/mol. The van der Waals surface area contributed by atoms with Crippen molar-refractivity contribution >= 4 is 29.4 Å². The smallest absolute Gasteiger partial charge is 0.345 e. The highest BCUT2D eigenvalue weighted by Crippen LogP contribution is 2.25. The molecule has 0 aliphatic carbocycles. The summed E-state index contributed by atoms with van der Waals surface area (Å²) in [6.45, 7) is 0. The van der Waals surface area contributed by atoms with E-state index in [0.717, 1.165) is 5.56 Å². The van der Waals surface area contributed by atoms with Crippen LogP contribution in [0.1, 0.15) is 26.3 Å². The third kappa shape index (κ3) is 5.07. The number of ketones is 1. The fourth-order valence-corrected chi connectivity index (χ4v) is 2.91. The molecule has 5 nitrogen and oxygen atoms in total. The van der Waals surface area contributed by atoms with Gasteiger partial charge in [0.2, 0.25) is 0 Å². The summed E-state index contributed by atoms with van der Waals surface area (Å²) < 4.78 is 15.7. The number of ether oxygens (including phenoxy) is 3. The molecule has 0 aliphatic rings. The number of hydrogen-bond donors (Lipinski definition) is 0. The topological polar surface area (TPSA) is 61.8 Å². The molecular weight excluding hydrogens is 404 g/mol. The van der Waals surface area contributed by atoms with E-state index in [1.54, 1.807) is 79.9 Å². The van der Waals surface area contributed by atoms with Crippen molar-refractivity contribution in [3.8, 4) is 17.2 Å². The quantitative estimate of drug-likeness (QED) is 0.218. The molecule has 0 N–H and O–H groups in total. The van der Waals surface area contributed by atoms with Gasteiger partial charge in [0.05, 0.1) is 30.4 Å². The summed E-state index contributed by atoms with van der Waals surface area (Å²) in [7, 11) is 3.05. The second kappa shape index (κ2) is 9.76. The molecule has 0 spiro atoms. The minimum absolute atomic E-state index is 0.205. The molecule has 0 saturated heterocycles. The number of benzene rings is 3. The Labute approximate surface area is 179 Å². The molecule has 0 unspecified atom stereocenters. The van der Waals surface area contributed by atoms with E-state index in [4.69, 9.17) is 25.8 Å². The van der Waals surface area contributed by atoms with Gasteiger partial charge in [0, 0.05) is 6.07 Å². The van der Waals surface area contributed by atoms with E-state index in [1.165, 1.54) is 13.2 Å². The van der Waals surface area contributed by atoms with Gasteiger partial charge in [0.1, 0.15) is 17.2 Å². The summed E-state index contributed by atoms with van der Waals surface area (Å²) in [6, 6.07) is 18.5. The largest absolute Gasteiger partial charge is 0.497 e. The SMILES string of the molecule is COc1ccc(C(=O)/C=C/c2ccc(OC(=O)c3ccccc3Cl)cc2)c(OC)c1. The minimum atomic E-state index is -0.536. The lowest BCUT2D eigenvalue weighted by Crippen LogP contribution is -2.08. The first-order valence-electron chi connectivity index (χ1n) is 9.03. The molecule has 3 rings (SSSR count). The van der Waals surface area contributed by atoms with Crippen LogP contribution in [0.2, 0.25) is 5.02 Å². The zero-order valence-corrected chi connectivity index (χ0v) is 17.2. The number of carbonyl (C=O) groups is 2. The van der Waals surface area contributed by atoms with Gasteiger partial charge in [-0.05, 0) is 48.0 Å². The van der Waals surface area contributed by atoms with Gasteiger partial charge in [-0.25, -0.2) is 4.79 Å². The second-order valence-corrected chi connectivity index (χ2v) is 6.61. The van der Waals surface area contributed by atoms with Gasteiger partial charge in [0.15, 0.2) is 5.78 Å². The van der Waals surface area contributed by atoms with Crippen LogP contribution < -0.4 is 14.2 Å². The Hall–Kier alpha value is -3.57. The third-order valence-corrected chi connectivity index (χ3v) is 4.62. The lowest BCUT2D eigenvalue weighted by Gasteiger charge is -2.08. The van der Waals surface area contributed by atoms with Crippen molar-refractivity contribution < 1.29 is 23.8 Å². The summed E-state index contributed by atoms with van der Waals surface area (Å²) in [5.74, 6) is 0.676. The molecule has 3 aromatic rings. The number of hydrogen-bond acceptors (Lipinski definition) is 5. The van der Waals surface area contributed by atoms with Crippen LogP contribution in [0.5, 0.6) is 17.2 Å². The molecule has 0 aliphatic heterocycles. The van der Waals surface area contributed by atoms with Gasteiger partial charge in [-0.15, -0.1) is 0 Å². The molecule has 0 bridgehead atoms. The molecule has 0 atom stereocenters. The summed E-state index contributed by atoms with van der Waals surface area (Å²) in [4.78, 5) is 24.7. The number of carbonyl (C=O) groups excluding carboxylic acids is 2. The molecule has 0 saturated carbocycles. The van der Waals surface area contributed by atoms with Crippen LogP contribution in [-0.4, -0.2) is 26.0 Å². The Morgan fingerprint density at radius 1 is 0.833 bits per heavy atom. The Balaban J connectivity index is 1.68. The van der Waals surface area contributed by atoms with Crippen molar-refractivity contribution in [2.45, 2.75) is 0 Å². The molecule has 0 aromatic heterocycles. The summed E-state index contributed by atoms with van der Waals surface area (Å²) >= 11 is 6.01. The Morgan fingerprint density at radius 3 is 2.20 bits per heavy atom. The van der Waals surface area contributed by atoms with Gasteiger partial charge in [-0.2, -0.15) is 0 Å². The van der Waals surface area contributed by atoms with E-state index in [0.29, 0.717) is 33.4 Å². The summed E-state index contributed by atoms with van der Waals surface area (Å²) in [5, 5.41) is 0.328. The number of allylic oxidation sites excluding steroid dienone is 1. The maximum atomic E-state index is 12.5. The van der Waals surface area contributed by atoms with Gasteiger partial charge in [0.25, 0.3) is 0 Å². The Morgan fingerprint density at radius 2 is 1.53 bits per heavy atom. The van der Waals surface area contributed by atoms with Crippen molar-refractivity contribution in [1.82, 2.24) is 0 Å². The van der Waals surface area contributed by atoms with E-state index in [9.17, 15) is 9.59 Å². The van der Waals surface area contributed by atoms with Crippen molar-refractivity contribution in [2.75, 3.05) is 14.2 Å². The molecule has 0 fully saturated rings. The predicted molar refractivity (Wildman–Crippen MR) is 116 cm³/mol. The van der Waals surface area contributed by atoms with Gasteiger partial charge < -0.3 is 14.2 Å². The van der Waals surface area contributed by atoms with Crippen LogP contribution in [0.4, 0.5) is 0 Å². The molecule has 30 heavy (non-hydrogen) atoms. The molecular formula is C24H19ClO5. The first-order valence-corrected chi connectivity index (χ1v) is 9.41. The zero-order valence-electron chi connectivity index (χ0n) is 16.4. The highest BCUT2D eigenvalue weighted by Gasteiger charge is 2.12. The second-order valence-electron chi connectivity index (χ2n) is 6.20. The number of esters is 1. The first-order chi connectivity index (χ1) is 14.5. The fraction of sp³-hybridized carbons (Fsp3) is 0.0833. The lowest BCUT2D eigenvalue weighted by molar-refractivity contribution is 0.0734. The molecule has 6 heteroatoms. The standard InChI is InChI=1S/C24H19ClO5/c1-28-18-12-13-20(23(15-18)29-2)22(26)14-9-16-7-10-17(11-8-16)30-24(27)19-5-3-4-6-21(19)25/h3-15H,1-2H3/b14-9+. The monoisotopic (exact) mass is 422 g/mol. The van der Waals surface area contributed by atoms with E-state index in [1.807, 2.05) is 0 Å². The van der Waals surface area contributed by atoms with Crippen LogP contribution in [-0.2, 0) is 0 Å². The molecule has 3 aromatic carbocycles. The van der Waals surface area contributed by atoms with E-state index in [2.05, 4.69) is 0 Å². The van der Waals surface area contributed by atoms with Crippen molar-refractivity contribution in [3.63, 3.8) is 0 Å². The van der Waals surface area contributed by atoms with E-state index >= 15 is 0 Å². The summed E-state index contributed by atoms with van der Waals surface area (Å²) in [5.41, 5.74) is 1.50. The minimum Gasteiger partial charge on any atom is -0.497 e. The molecule has 0 amide bonds. The van der Waals surface area contributed by atoms with Crippen LogP contribution >= 0.6 is 11.6 Å². The lowest BCUT2D eigenvalue weighted by atomic mass is 10.1. The van der Waals surface area contributed by atoms with Gasteiger partial charge >= 0.3 is 5.97 Å². The van der Waals surface area contributed by atoms with Crippen molar-refractivity contribution in [2.24, 2.45) is 0 Å². The highest BCUT2D eigenvalue weighted by atomic mass is 35.5. The fourth-order valence-electron chi connectivity index (χ4n) is 2.70. The number of halogens is 1. The Kier molecular flexibility index (Phi) is 6.88. The number of methoxy groups -OCH3 is 2. The van der Waals surface area contributed by atoms with Gasteiger partial charge in [-0.1, -0.05) is 41.9 Å². The predicted octanol–water partition coefficient (Wildman–Crippen LogP) is 5.47. The number of rotatable bonds is 7. The van der Waals surface area contributed by atoms with E-state index in [-0.39, 0.29) is 5.78 Å². The maximum absolute atomic E-state index is 12.5. The molecule has 152 valence electrons. The van der Waals surface area contributed by atoms with Crippen LogP contribution in [0.15, 0.2) is 72.8 Å². The average Bonchev–Trinajstić information content (AvgIpc) is 2.78. The van der Waals surface area contributed by atoms with Crippen molar-refractivity contribution in [3.05, 3.63) is 94.5 Å². The summed E-state index contributed by atoms with van der Waals surface area (Å²) in [6.07, 6.45) is 3.13.